The highest BCUT2D eigenvalue weighted by Crippen LogP contribution is 2.22. The van der Waals surface area contributed by atoms with Crippen LogP contribution < -0.4 is 16.6 Å². The zero-order valence-corrected chi connectivity index (χ0v) is 10.8. The molecule has 1 aliphatic rings. The molecule has 0 saturated carbocycles. The predicted molar refractivity (Wildman–Crippen MR) is 71.3 cm³/mol. The summed E-state index contributed by atoms with van der Waals surface area (Å²) in [6.45, 7) is 4.72. The molecule has 6 nitrogen and oxygen atoms in total. The molecule has 100 valence electrons. The van der Waals surface area contributed by atoms with Crippen LogP contribution in [-0.2, 0) is 11.2 Å². The van der Waals surface area contributed by atoms with Gasteiger partial charge < -0.3 is 15.5 Å². The Balaban J connectivity index is 2.05. The van der Waals surface area contributed by atoms with Gasteiger partial charge in [-0.05, 0) is 12.8 Å². The van der Waals surface area contributed by atoms with Crippen molar-refractivity contribution in [1.82, 2.24) is 9.97 Å². The average Bonchev–Trinajstić information content (AvgIpc) is 2.91. The summed E-state index contributed by atoms with van der Waals surface area (Å²) in [6, 6.07) is 0. The number of aromatic nitrogens is 2. The van der Waals surface area contributed by atoms with Crippen LogP contribution in [0.2, 0.25) is 0 Å². The minimum atomic E-state index is 0.573. The fraction of sp³-hybridized carbons (Fsp3) is 0.667. The number of rotatable bonds is 6. The van der Waals surface area contributed by atoms with E-state index < -0.39 is 0 Å². The van der Waals surface area contributed by atoms with Crippen molar-refractivity contribution in [1.29, 1.82) is 0 Å². The van der Waals surface area contributed by atoms with Crippen LogP contribution >= 0.6 is 0 Å². The van der Waals surface area contributed by atoms with Gasteiger partial charge in [0, 0.05) is 24.6 Å². The molecule has 1 aromatic heterocycles. The molecular formula is C12H21N5O. The number of ether oxygens (including phenoxy) is 1. The number of hydrogen-bond acceptors (Lipinski definition) is 6. The molecule has 1 aliphatic heterocycles. The molecule has 0 aromatic carbocycles. The summed E-state index contributed by atoms with van der Waals surface area (Å²) < 4.78 is 5.36. The van der Waals surface area contributed by atoms with Crippen LogP contribution in [-0.4, -0.2) is 29.7 Å². The van der Waals surface area contributed by atoms with E-state index in [2.05, 4.69) is 27.6 Å². The third-order valence-electron chi connectivity index (χ3n) is 3.16. The van der Waals surface area contributed by atoms with E-state index in [4.69, 9.17) is 10.6 Å². The monoisotopic (exact) mass is 251 g/mol. The van der Waals surface area contributed by atoms with Gasteiger partial charge in [0.2, 0.25) is 0 Å². The molecule has 0 spiro atoms. The van der Waals surface area contributed by atoms with E-state index in [0.29, 0.717) is 11.7 Å². The fourth-order valence-corrected chi connectivity index (χ4v) is 2.16. The lowest BCUT2D eigenvalue weighted by molar-refractivity contribution is 0.187. The van der Waals surface area contributed by atoms with Crippen LogP contribution in [0, 0.1) is 5.92 Å². The number of nitrogens with zero attached hydrogens (tertiary/aromatic N) is 2. The molecule has 2 rings (SSSR count). The lowest BCUT2D eigenvalue weighted by atomic mass is 10.1. The normalized spacial score (nSPS) is 18.9. The molecule has 1 fully saturated rings. The maximum absolute atomic E-state index is 5.48. The van der Waals surface area contributed by atoms with Gasteiger partial charge in [-0.3, -0.25) is 0 Å². The van der Waals surface area contributed by atoms with Crippen molar-refractivity contribution in [3.8, 4) is 0 Å². The fourth-order valence-electron chi connectivity index (χ4n) is 2.16. The smallest absolute Gasteiger partial charge is 0.148 e. The molecule has 0 aliphatic carbocycles. The molecule has 18 heavy (non-hydrogen) atoms. The van der Waals surface area contributed by atoms with E-state index in [1.807, 2.05) is 0 Å². The van der Waals surface area contributed by atoms with Crippen LogP contribution in [0.5, 0.6) is 0 Å². The van der Waals surface area contributed by atoms with E-state index in [1.165, 1.54) is 6.33 Å². The van der Waals surface area contributed by atoms with Gasteiger partial charge in [0.15, 0.2) is 0 Å². The van der Waals surface area contributed by atoms with Crippen molar-refractivity contribution in [3.63, 3.8) is 0 Å². The molecule has 1 aromatic rings. The average molecular weight is 251 g/mol. The first-order chi connectivity index (χ1) is 8.85. The van der Waals surface area contributed by atoms with Crippen LogP contribution in [0.1, 0.15) is 25.3 Å². The standard InChI is InChI=1S/C12H21N5O/c1-2-3-10-11(15-8-16-12(10)17-13)14-6-9-4-5-18-7-9/h8-9H,2-7,13H2,1H3,(H2,14,15,16,17). The zero-order chi connectivity index (χ0) is 12.8. The summed E-state index contributed by atoms with van der Waals surface area (Å²) in [7, 11) is 0. The first-order valence-electron chi connectivity index (χ1n) is 6.47. The minimum Gasteiger partial charge on any atom is -0.381 e. The van der Waals surface area contributed by atoms with Gasteiger partial charge in [-0.25, -0.2) is 15.8 Å². The Bertz CT molecular complexity index is 379. The molecule has 4 N–H and O–H groups in total. The Kier molecular flexibility index (Phi) is 4.72. The van der Waals surface area contributed by atoms with Gasteiger partial charge in [0.05, 0.1) is 6.61 Å². The van der Waals surface area contributed by atoms with Gasteiger partial charge in [0.1, 0.15) is 18.0 Å². The SMILES string of the molecule is CCCc1c(NN)ncnc1NCC1CCOC1. The lowest BCUT2D eigenvalue weighted by Gasteiger charge is -2.15. The topological polar surface area (TPSA) is 85.1 Å². The van der Waals surface area contributed by atoms with Crippen molar-refractivity contribution in [2.75, 3.05) is 30.5 Å². The molecular weight excluding hydrogens is 230 g/mol. The summed E-state index contributed by atoms with van der Waals surface area (Å²) in [5.74, 6) is 7.64. The number of hydrazine groups is 1. The molecule has 0 amide bonds. The summed E-state index contributed by atoms with van der Waals surface area (Å²) in [6.07, 6.45) is 4.58. The second-order valence-electron chi connectivity index (χ2n) is 4.55. The zero-order valence-electron chi connectivity index (χ0n) is 10.8. The summed E-state index contributed by atoms with van der Waals surface area (Å²) in [5.41, 5.74) is 3.69. The van der Waals surface area contributed by atoms with Gasteiger partial charge in [-0.2, -0.15) is 0 Å². The van der Waals surface area contributed by atoms with Crippen molar-refractivity contribution >= 4 is 11.6 Å². The van der Waals surface area contributed by atoms with Crippen molar-refractivity contribution in [3.05, 3.63) is 11.9 Å². The van der Waals surface area contributed by atoms with E-state index in [0.717, 1.165) is 50.4 Å². The largest absolute Gasteiger partial charge is 0.381 e. The van der Waals surface area contributed by atoms with Crippen molar-refractivity contribution in [2.45, 2.75) is 26.2 Å². The van der Waals surface area contributed by atoms with Crippen molar-refractivity contribution in [2.24, 2.45) is 11.8 Å². The third-order valence-corrected chi connectivity index (χ3v) is 3.16. The van der Waals surface area contributed by atoms with E-state index in [1.54, 1.807) is 0 Å². The highest BCUT2D eigenvalue weighted by Gasteiger charge is 2.17. The van der Waals surface area contributed by atoms with Gasteiger partial charge >= 0.3 is 0 Å². The predicted octanol–water partition coefficient (Wildman–Crippen LogP) is 1.16. The van der Waals surface area contributed by atoms with Crippen LogP contribution in [0.15, 0.2) is 6.33 Å². The van der Waals surface area contributed by atoms with Gasteiger partial charge in [-0.15, -0.1) is 0 Å². The second kappa shape index (κ2) is 6.51. The Morgan fingerprint density at radius 2 is 2.28 bits per heavy atom. The summed E-state index contributed by atoms with van der Waals surface area (Å²) in [4.78, 5) is 8.45. The molecule has 1 saturated heterocycles. The lowest BCUT2D eigenvalue weighted by Crippen LogP contribution is -2.18. The first-order valence-corrected chi connectivity index (χ1v) is 6.47. The van der Waals surface area contributed by atoms with E-state index >= 15 is 0 Å². The Hall–Kier alpha value is -1.40. The van der Waals surface area contributed by atoms with Crippen LogP contribution in [0.25, 0.3) is 0 Å². The van der Waals surface area contributed by atoms with E-state index in [9.17, 15) is 0 Å². The summed E-state index contributed by atoms with van der Waals surface area (Å²) >= 11 is 0. The third kappa shape index (κ3) is 3.08. The number of anilines is 2. The molecule has 0 bridgehead atoms. The molecule has 6 heteroatoms. The number of nitrogens with two attached hydrogens (primary N) is 1. The van der Waals surface area contributed by atoms with Crippen molar-refractivity contribution < 1.29 is 4.74 Å². The molecule has 1 atom stereocenters. The maximum Gasteiger partial charge on any atom is 0.148 e. The Morgan fingerprint density at radius 1 is 1.44 bits per heavy atom. The Morgan fingerprint density at radius 3 is 2.94 bits per heavy atom. The molecule has 2 heterocycles. The van der Waals surface area contributed by atoms with Gasteiger partial charge in [0.25, 0.3) is 0 Å². The number of hydrogen-bond donors (Lipinski definition) is 3. The quantitative estimate of drug-likeness (QED) is 0.520. The van der Waals surface area contributed by atoms with E-state index in [-0.39, 0.29) is 0 Å². The molecule has 1 unspecified atom stereocenters. The maximum atomic E-state index is 5.48. The Labute approximate surface area is 107 Å². The number of nitrogens with one attached hydrogen (secondary N) is 2. The molecule has 0 radical (unpaired) electrons. The minimum absolute atomic E-state index is 0.573. The van der Waals surface area contributed by atoms with Crippen LogP contribution in [0.4, 0.5) is 11.6 Å². The van der Waals surface area contributed by atoms with Gasteiger partial charge in [-0.1, -0.05) is 13.3 Å². The second-order valence-corrected chi connectivity index (χ2v) is 4.55. The first kappa shape index (κ1) is 13.0. The number of nitrogen functional groups attached to an aromatic ring is 1. The summed E-state index contributed by atoms with van der Waals surface area (Å²) in [5, 5.41) is 3.39. The van der Waals surface area contributed by atoms with Crippen LogP contribution in [0.3, 0.4) is 0 Å². The highest BCUT2D eigenvalue weighted by atomic mass is 16.5. The highest BCUT2D eigenvalue weighted by molar-refractivity contribution is 5.56.